The van der Waals surface area contributed by atoms with Crippen LogP contribution in [0.25, 0.3) is 0 Å². The SMILES string of the molecule is O=C1OCCN1c1ccc(Nc2nc(=O)n(Cc3ccc[nH]c3=O)c(=O)n2Cc2cc(F)c(F)c(F)c2)c(Cl)c1. The second-order valence-electron chi connectivity index (χ2n) is 8.63. The number of halogens is 4. The number of pyridine rings is 1. The maximum absolute atomic E-state index is 13.9. The lowest BCUT2D eigenvalue weighted by Crippen LogP contribution is -2.43. The highest BCUT2D eigenvalue weighted by molar-refractivity contribution is 6.33. The number of hydrogen-bond acceptors (Lipinski definition) is 7. The van der Waals surface area contributed by atoms with Gasteiger partial charge in [0.15, 0.2) is 17.5 Å². The van der Waals surface area contributed by atoms with Crippen molar-refractivity contribution in [3.8, 4) is 0 Å². The minimum Gasteiger partial charge on any atom is -0.447 e. The van der Waals surface area contributed by atoms with Crippen molar-refractivity contribution in [2.45, 2.75) is 13.1 Å². The second kappa shape index (κ2) is 10.7. The van der Waals surface area contributed by atoms with E-state index in [1.165, 1.54) is 41.4 Å². The summed E-state index contributed by atoms with van der Waals surface area (Å²) in [6.45, 7) is -0.462. The van der Waals surface area contributed by atoms with E-state index in [-0.39, 0.29) is 34.4 Å². The number of cyclic esters (lactones) is 1. The summed E-state index contributed by atoms with van der Waals surface area (Å²) < 4.78 is 47.9. The molecule has 0 bridgehead atoms. The molecule has 1 aliphatic rings. The molecule has 5 rings (SSSR count). The Bertz CT molecular complexity index is 1800. The van der Waals surface area contributed by atoms with Gasteiger partial charge >= 0.3 is 17.5 Å². The molecule has 15 heteroatoms. The third-order valence-corrected chi connectivity index (χ3v) is 6.35. The number of amides is 1. The van der Waals surface area contributed by atoms with Crippen LogP contribution in [0.1, 0.15) is 11.1 Å². The highest BCUT2D eigenvalue weighted by Gasteiger charge is 2.24. The van der Waals surface area contributed by atoms with Gasteiger partial charge in [-0.15, -0.1) is 0 Å². The van der Waals surface area contributed by atoms with Gasteiger partial charge in [-0.05, 0) is 42.0 Å². The molecule has 0 saturated carbocycles. The van der Waals surface area contributed by atoms with E-state index in [1.54, 1.807) is 0 Å². The van der Waals surface area contributed by atoms with Gasteiger partial charge in [-0.1, -0.05) is 17.7 Å². The average molecular weight is 575 g/mol. The van der Waals surface area contributed by atoms with Crippen LogP contribution in [-0.2, 0) is 17.8 Å². The lowest BCUT2D eigenvalue weighted by atomic mass is 10.2. The van der Waals surface area contributed by atoms with Crippen LogP contribution >= 0.6 is 11.6 Å². The van der Waals surface area contributed by atoms with Crippen molar-refractivity contribution in [3.63, 3.8) is 0 Å². The van der Waals surface area contributed by atoms with Crippen LogP contribution in [-0.4, -0.2) is 38.3 Å². The molecule has 0 atom stereocenters. The van der Waals surface area contributed by atoms with Crippen LogP contribution < -0.4 is 27.2 Å². The molecule has 206 valence electrons. The highest BCUT2D eigenvalue weighted by Crippen LogP contribution is 2.30. The maximum atomic E-state index is 13.9. The molecule has 0 aliphatic carbocycles. The molecule has 1 fully saturated rings. The molecule has 1 aliphatic heterocycles. The number of aromatic nitrogens is 4. The number of carbonyl (C=O) groups excluding carboxylic acids is 1. The summed E-state index contributed by atoms with van der Waals surface area (Å²) in [5.74, 6) is -4.99. The van der Waals surface area contributed by atoms with Crippen molar-refractivity contribution in [3.05, 3.63) is 114 Å². The quantitative estimate of drug-likeness (QED) is 0.324. The molecule has 1 amide bonds. The first-order chi connectivity index (χ1) is 19.1. The molecule has 40 heavy (non-hydrogen) atoms. The largest absolute Gasteiger partial charge is 0.447 e. The molecule has 0 unspecified atom stereocenters. The molecule has 4 aromatic rings. The normalized spacial score (nSPS) is 13.0. The predicted octanol–water partition coefficient (Wildman–Crippen LogP) is 2.96. The second-order valence-corrected chi connectivity index (χ2v) is 9.03. The number of H-pyrrole nitrogens is 1. The fraction of sp³-hybridized carbons (Fsp3) is 0.160. The molecule has 2 N–H and O–H groups in total. The molecule has 11 nitrogen and oxygen atoms in total. The third-order valence-electron chi connectivity index (χ3n) is 6.03. The van der Waals surface area contributed by atoms with Crippen LogP contribution in [0.2, 0.25) is 5.02 Å². The van der Waals surface area contributed by atoms with Crippen molar-refractivity contribution < 1.29 is 22.7 Å². The molecular weight excluding hydrogens is 557 g/mol. The topological polar surface area (TPSA) is 131 Å². The van der Waals surface area contributed by atoms with Crippen molar-refractivity contribution in [2.75, 3.05) is 23.4 Å². The van der Waals surface area contributed by atoms with Crippen molar-refractivity contribution in [1.82, 2.24) is 19.1 Å². The third kappa shape index (κ3) is 5.20. The summed E-state index contributed by atoms with van der Waals surface area (Å²) in [5, 5.41) is 2.84. The zero-order chi connectivity index (χ0) is 28.6. The summed E-state index contributed by atoms with van der Waals surface area (Å²) in [5.41, 5.74) is -2.02. The number of hydrogen-bond donors (Lipinski definition) is 2. The molecule has 0 radical (unpaired) electrons. The first kappa shape index (κ1) is 26.7. The number of nitrogens with zero attached hydrogens (tertiary/aromatic N) is 4. The van der Waals surface area contributed by atoms with Gasteiger partial charge in [0.05, 0.1) is 30.3 Å². The average Bonchev–Trinajstić information content (AvgIpc) is 3.35. The minimum absolute atomic E-state index is 0.0775. The first-order valence-corrected chi connectivity index (χ1v) is 12.0. The zero-order valence-electron chi connectivity index (χ0n) is 20.3. The Hall–Kier alpha value is -4.85. The van der Waals surface area contributed by atoms with E-state index < -0.39 is 53.6 Å². The van der Waals surface area contributed by atoms with Gasteiger partial charge in [0.1, 0.15) is 6.61 Å². The lowest BCUT2D eigenvalue weighted by Gasteiger charge is -2.18. The first-order valence-electron chi connectivity index (χ1n) is 11.6. The predicted molar refractivity (Wildman–Crippen MR) is 138 cm³/mol. The summed E-state index contributed by atoms with van der Waals surface area (Å²) in [6.07, 6.45) is 0.823. The van der Waals surface area contributed by atoms with Crippen molar-refractivity contribution in [2.24, 2.45) is 0 Å². The maximum Gasteiger partial charge on any atom is 0.414 e. The Morgan fingerprint density at radius 2 is 1.75 bits per heavy atom. The van der Waals surface area contributed by atoms with Gasteiger partial charge in [0.25, 0.3) is 5.56 Å². The van der Waals surface area contributed by atoms with E-state index >= 15 is 0 Å². The number of carbonyl (C=O) groups is 1. The Balaban J connectivity index is 1.58. The number of ether oxygens (including phenoxy) is 1. The standard InChI is InChI=1S/C25H18ClF3N6O5/c26-16-10-15(33-6-7-40-25(33)39)3-4-19(16)31-22-32-23(37)35(12-14-2-1-5-30-21(14)36)24(38)34(22)11-13-8-17(27)20(29)18(28)9-13/h1-5,8-10H,6-7,11-12H2,(H,30,36)(H,31,32,37). The van der Waals surface area contributed by atoms with E-state index in [1.807, 2.05) is 0 Å². The van der Waals surface area contributed by atoms with Crippen LogP contribution in [0.15, 0.2) is 63.0 Å². The lowest BCUT2D eigenvalue weighted by molar-refractivity contribution is 0.181. The molecule has 1 saturated heterocycles. The molecule has 0 spiro atoms. The van der Waals surface area contributed by atoms with Crippen molar-refractivity contribution in [1.29, 1.82) is 0 Å². The van der Waals surface area contributed by atoms with E-state index in [0.717, 1.165) is 4.57 Å². The molecular formula is C25H18ClF3N6O5. The van der Waals surface area contributed by atoms with Gasteiger partial charge in [0, 0.05) is 17.4 Å². The van der Waals surface area contributed by atoms with E-state index in [0.29, 0.717) is 28.9 Å². The van der Waals surface area contributed by atoms with E-state index in [2.05, 4.69) is 15.3 Å². The van der Waals surface area contributed by atoms with Gasteiger partial charge in [-0.25, -0.2) is 32.1 Å². The van der Waals surface area contributed by atoms with Crippen molar-refractivity contribution >= 4 is 35.0 Å². The summed E-state index contributed by atoms with van der Waals surface area (Å²) in [4.78, 5) is 58.1. The molecule has 2 aromatic heterocycles. The summed E-state index contributed by atoms with van der Waals surface area (Å²) >= 11 is 6.39. The summed E-state index contributed by atoms with van der Waals surface area (Å²) in [7, 11) is 0. The highest BCUT2D eigenvalue weighted by atomic mass is 35.5. The number of anilines is 3. The van der Waals surface area contributed by atoms with Crippen LogP contribution in [0, 0.1) is 17.5 Å². The monoisotopic (exact) mass is 574 g/mol. The number of benzene rings is 2. The fourth-order valence-electron chi connectivity index (χ4n) is 4.06. The Morgan fingerprint density at radius 3 is 2.40 bits per heavy atom. The summed E-state index contributed by atoms with van der Waals surface area (Å²) in [6, 6.07) is 8.76. The zero-order valence-corrected chi connectivity index (χ0v) is 21.0. The molecule has 2 aromatic carbocycles. The van der Waals surface area contributed by atoms with Crippen LogP contribution in [0.4, 0.5) is 35.3 Å². The minimum atomic E-state index is -1.69. The van der Waals surface area contributed by atoms with Gasteiger partial charge in [0.2, 0.25) is 5.95 Å². The smallest absolute Gasteiger partial charge is 0.414 e. The van der Waals surface area contributed by atoms with E-state index in [4.69, 9.17) is 16.3 Å². The fourth-order valence-corrected chi connectivity index (χ4v) is 4.28. The van der Waals surface area contributed by atoms with Gasteiger partial charge in [-0.3, -0.25) is 14.3 Å². The Labute approximate surface area is 227 Å². The van der Waals surface area contributed by atoms with Gasteiger partial charge < -0.3 is 15.0 Å². The van der Waals surface area contributed by atoms with Crippen LogP contribution in [0.3, 0.4) is 0 Å². The Kier molecular flexibility index (Phi) is 7.17. The number of aromatic amines is 1. The Morgan fingerprint density at radius 1 is 1.00 bits per heavy atom. The number of nitrogens with one attached hydrogen (secondary N) is 2. The van der Waals surface area contributed by atoms with Crippen LogP contribution in [0.5, 0.6) is 0 Å². The van der Waals surface area contributed by atoms with E-state index in [9.17, 15) is 32.3 Å². The molecule has 3 heterocycles. The van der Waals surface area contributed by atoms with Gasteiger partial charge in [-0.2, -0.15) is 4.98 Å². The number of rotatable bonds is 7.